The van der Waals surface area contributed by atoms with Crippen molar-refractivity contribution < 1.29 is 14.3 Å². The maximum atomic E-state index is 12.3. The molecule has 4 rings (SSSR count). The standard InChI is InChI=1S/C21H31N3O3S/c25-20(9-18-5-8-28-15-18)22-10-19-13-24(21(26)14-27-19)12-17-3-6-23(7-4-17)11-16-1-2-16/h5,8,15-17,19H,1-4,6-7,9-14H2,(H,22,25)/t19-/m0/s1. The average Bonchev–Trinajstić information content (AvgIpc) is 3.36. The van der Waals surface area contributed by atoms with E-state index in [1.165, 1.54) is 45.3 Å². The third-order valence-electron chi connectivity index (χ3n) is 6.09. The number of amides is 2. The van der Waals surface area contributed by atoms with Crippen LogP contribution in [0, 0.1) is 11.8 Å². The van der Waals surface area contributed by atoms with E-state index in [1.54, 1.807) is 11.3 Å². The van der Waals surface area contributed by atoms with Gasteiger partial charge in [0.1, 0.15) is 6.61 Å². The lowest BCUT2D eigenvalue weighted by molar-refractivity contribution is -0.150. The summed E-state index contributed by atoms with van der Waals surface area (Å²) >= 11 is 1.60. The normalized spacial score (nSPS) is 24.5. The monoisotopic (exact) mass is 405 g/mol. The maximum absolute atomic E-state index is 12.3. The lowest BCUT2D eigenvalue weighted by atomic mass is 9.95. The van der Waals surface area contributed by atoms with Crippen LogP contribution >= 0.6 is 11.3 Å². The fraction of sp³-hybridized carbons (Fsp3) is 0.714. The first-order valence-corrected chi connectivity index (χ1v) is 11.5. The van der Waals surface area contributed by atoms with Gasteiger partial charge in [0.25, 0.3) is 0 Å². The number of thiophene rings is 1. The molecule has 1 aliphatic carbocycles. The zero-order valence-electron chi connectivity index (χ0n) is 16.5. The Hall–Kier alpha value is -1.44. The third-order valence-corrected chi connectivity index (χ3v) is 6.82. The molecule has 1 atom stereocenters. The van der Waals surface area contributed by atoms with Crippen LogP contribution in [0.2, 0.25) is 0 Å². The van der Waals surface area contributed by atoms with Gasteiger partial charge in [0.05, 0.1) is 12.5 Å². The highest BCUT2D eigenvalue weighted by molar-refractivity contribution is 7.08. The molecule has 1 aromatic heterocycles. The van der Waals surface area contributed by atoms with Crippen molar-refractivity contribution in [2.75, 3.05) is 45.9 Å². The van der Waals surface area contributed by atoms with Crippen LogP contribution in [0.5, 0.6) is 0 Å². The Morgan fingerprint density at radius 1 is 1.18 bits per heavy atom. The van der Waals surface area contributed by atoms with E-state index < -0.39 is 0 Å². The van der Waals surface area contributed by atoms with Crippen LogP contribution in [0.25, 0.3) is 0 Å². The number of likely N-dealkylation sites (tertiary alicyclic amines) is 1. The molecule has 3 aliphatic rings. The van der Waals surface area contributed by atoms with Crippen LogP contribution in [0.1, 0.15) is 31.2 Å². The number of piperidine rings is 1. The van der Waals surface area contributed by atoms with Gasteiger partial charge < -0.3 is 19.9 Å². The van der Waals surface area contributed by atoms with Crippen molar-refractivity contribution in [2.24, 2.45) is 11.8 Å². The molecule has 1 aromatic rings. The molecule has 7 heteroatoms. The molecule has 0 unspecified atom stereocenters. The molecule has 0 radical (unpaired) electrons. The zero-order chi connectivity index (χ0) is 19.3. The summed E-state index contributed by atoms with van der Waals surface area (Å²) in [6.45, 7) is 5.62. The van der Waals surface area contributed by atoms with Gasteiger partial charge in [-0.25, -0.2) is 0 Å². The highest BCUT2D eigenvalue weighted by Crippen LogP contribution is 2.31. The number of carbonyl (C=O) groups is 2. The number of rotatable bonds is 8. The molecule has 3 fully saturated rings. The Morgan fingerprint density at radius 3 is 2.68 bits per heavy atom. The molecule has 2 aliphatic heterocycles. The molecule has 0 aromatic carbocycles. The molecule has 2 saturated heterocycles. The average molecular weight is 406 g/mol. The van der Waals surface area contributed by atoms with Crippen molar-refractivity contribution in [1.82, 2.24) is 15.1 Å². The van der Waals surface area contributed by atoms with E-state index in [0.29, 0.717) is 25.4 Å². The number of hydrogen-bond acceptors (Lipinski definition) is 5. The molecular formula is C21H31N3O3S. The van der Waals surface area contributed by atoms with Crippen LogP contribution < -0.4 is 5.32 Å². The molecule has 154 valence electrons. The van der Waals surface area contributed by atoms with E-state index in [9.17, 15) is 9.59 Å². The van der Waals surface area contributed by atoms with Gasteiger partial charge in [-0.2, -0.15) is 11.3 Å². The summed E-state index contributed by atoms with van der Waals surface area (Å²) in [6, 6.07) is 1.97. The first-order chi connectivity index (χ1) is 13.7. The Balaban J connectivity index is 1.18. The number of hydrogen-bond donors (Lipinski definition) is 1. The predicted octanol–water partition coefficient (Wildman–Crippen LogP) is 1.76. The van der Waals surface area contributed by atoms with Gasteiger partial charge in [-0.1, -0.05) is 0 Å². The van der Waals surface area contributed by atoms with Crippen LogP contribution in [0.15, 0.2) is 16.8 Å². The van der Waals surface area contributed by atoms with E-state index in [1.807, 2.05) is 21.7 Å². The first-order valence-electron chi connectivity index (χ1n) is 10.5. The molecule has 0 spiro atoms. The van der Waals surface area contributed by atoms with Crippen molar-refractivity contribution in [3.63, 3.8) is 0 Å². The van der Waals surface area contributed by atoms with Crippen molar-refractivity contribution in [2.45, 2.75) is 38.2 Å². The van der Waals surface area contributed by atoms with E-state index in [0.717, 1.165) is 18.0 Å². The van der Waals surface area contributed by atoms with Gasteiger partial charge >= 0.3 is 0 Å². The summed E-state index contributed by atoms with van der Waals surface area (Å²) in [7, 11) is 0. The van der Waals surface area contributed by atoms with Gasteiger partial charge in [-0.3, -0.25) is 9.59 Å². The molecule has 6 nitrogen and oxygen atoms in total. The van der Waals surface area contributed by atoms with Gasteiger partial charge in [-0.05, 0) is 73.0 Å². The van der Waals surface area contributed by atoms with E-state index in [4.69, 9.17) is 4.74 Å². The number of ether oxygens (including phenoxy) is 1. The predicted molar refractivity (Wildman–Crippen MR) is 109 cm³/mol. The van der Waals surface area contributed by atoms with Crippen molar-refractivity contribution in [3.05, 3.63) is 22.4 Å². The van der Waals surface area contributed by atoms with Crippen LogP contribution in [0.3, 0.4) is 0 Å². The molecule has 1 N–H and O–H groups in total. The minimum Gasteiger partial charge on any atom is -0.365 e. The first kappa shape index (κ1) is 19.9. The van der Waals surface area contributed by atoms with Crippen molar-refractivity contribution in [1.29, 1.82) is 0 Å². The summed E-state index contributed by atoms with van der Waals surface area (Å²) in [5, 5.41) is 6.93. The molecule has 2 amide bonds. The largest absolute Gasteiger partial charge is 0.365 e. The summed E-state index contributed by atoms with van der Waals surface area (Å²) < 4.78 is 5.65. The Kier molecular flexibility index (Phi) is 6.65. The van der Waals surface area contributed by atoms with Crippen molar-refractivity contribution >= 4 is 23.2 Å². The Bertz CT molecular complexity index is 654. The lowest BCUT2D eigenvalue weighted by Gasteiger charge is -2.38. The summed E-state index contributed by atoms with van der Waals surface area (Å²) in [4.78, 5) is 28.9. The smallest absolute Gasteiger partial charge is 0.248 e. The fourth-order valence-electron chi connectivity index (χ4n) is 4.18. The molecule has 0 bridgehead atoms. The quantitative estimate of drug-likeness (QED) is 0.716. The third kappa shape index (κ3) is 5.78. The highest BCUT2D eigenvalue weighted by atomic mass is 32.1. The van der Waals surface area contributed by atoms with Crippen LogP contribution in [0.4, 0.5) is 0 Å². The molecule has 1 saturated carbocycles. The Morgan fingerprint density at radius 2 is 1.96 bits per heavy atom. The summed E-state index contributed by atoms with van der Waals surface area (Å²) in [5.74, 6) is 1.63. The highest BCUT2D eigenvalue weighted by Gasteiger charge is 2.31. The topological polar surface area (TPSA) is 61.9 Å². The Labute approximate surface area is 171 Å². The minimum atomic E-state index is -0.112. The molecular weight excluding hydrogens is 374 g/mol. The SMILES string of the molecule is O=C(Cc1ccsc1)NC[C@H]1CN(CC2CCN(CC3CC3)CC2)C(=O)CO1. The van der Waals surface area contributed by atoms with Gasteiger partial charge in [0.15, 0.2) is 0 Å². The second-order valence-corrected chi connectivity index (χ2v) is 9.31. The second kappa shape index (κ2) is 9.37. The molecule has 28 heavy (non-hydrogen) atoms. The van der Waals surface area contributed by atoms with Gasteiger partial charge in [0, 0.05) is 26.2 Å². The fourth-order valence-corrected chi connectivity index (χ4v) is 4.85. The van der Waals surface area contributed by atoms with Crippen LogP contribution in [-0.4, -0.2) is 73.6 Å². The van der Waals surface area contributed by atoms with Crippen LogP contribution in [-0.2, 0) is 20.7 Å². The summed E-state index contributed by atoms with van der Waals surface area (Å²) in [5.41, 5.74) is 1.04. The van der Waals surface area contributed by atoms with E-state index in [-0.39, 0.29) is 24.5 Å². The lowest BCUT2D eigenvalue weighted by Crippen LogP contribution is -2.52. The van der Waals surface area contributed by atoms with Gasteiger partial charge in [0.2, 0.25) is 11.8 Å². The zero-order valence-corrected chi connectivity index (χ0v) is 17.3. The number of nitrogens with one attached hydrogen (secondary N) is 1. The maximum Gasteiger partial charge on any atom is 0.248 e. The van der Waals surface area contributed by atoms with Gasteiger partial charge in [-0.15, -0.1) is 0 Å². The van der Waals surface area contributed by atoms with E-state index >= 15 is 0 Å². The molecule has 3 heterocycles. The van der Waals surface area contributed by atoms with Crippen molar-refractivity contribution in [3.8, 4) is 0 Å². The summed E-state index contributed by atoms with van der Waals surface area (Å²) in [6.07, 6.45) is 5.47. The number of carbonyl (C=O) groups excluding carboxylic acids is 2. The number of morpholine rings is 1. The minimum absolute atomic E-state index is 0.00786. The number of nitrogens with zero attached hydrogens (tertiary/aromatic N) is 2. The second-order valence-electron chi connectivity index (χ2n) is 8.53. The van der Waals surface area contributed by atoms with E-state index in [2.05, 4.69) is 10.2 Å².